The van der Waals surface area contributed by atoms with Gasteiger partial charge in [0.05, 0.1) is 0 Å². The molecule has 1 nitrogen and oxygen atoms in total. The van der Waals surface area contributed by atoms with Crippen LogP contribution in [-0.4, -0.2) is 5.11 Å². The summed E-state index contributed by atoms with van der Waals surface area (Å²) in [5.41, 5.74) is 2.02. The van der Waals surface area contributed by atoms with Crippen molar-refractivity contribution in [2.24, 2.45) is 0 Å². The van der Waals surface area contributed by atoms with Crippen molar-refractivity contribution in [1.82, 2.24) is 0 Å². The summed E-state index contributed by atoms with van der Waals surface area (Å²) in [4.78, 5) is 0. The van der Waals surface area contributed by atoms with Crippen molar-refractivity contribution in [2.45, 2.75) is 6.42 Å². The third-order valence-corrected chi connectivity index (χ3v) is 2.51. The molecular weight excluding hydrogens is 247 g/mol. The fourth-order valence-corrected chi connectivity index (χ4v) is 1.71. The van der Waals surface area contributed by atoms with Crippen molar-refractivity contribution in [3.8, 4) is 5.75 Å². The molecule has 0 aliphatic rings. The van der Waals surface area contributed by atoms with Crippen molar-refractivity contribution in [2.75, 3.05) is 0 Å². The van der Waals surface area contributed by atoms with Gasteiger partial charge in [-0.3, -0.25) is 0 Å². The van der Waals surface area contributed by atoms with E-state index in [2.05, 4.69) is 0 Å². The van der Waals surface area contributed by atoms with E-state index in [0.717, 1.165) is 11.1 Å². The Morgan fingerprint density at radius 2 is 1.75 bits per heavy atom. The van der Waals surface area contributed by atoms with Gasteiger partial charge in [0.2, 0.25) is 0 Å². The maximum absolute atomic E-state index is 9.64. The first-order valence-electron chi connectivity index (χ1n) is 4.77. The van der Waals surface area contributed by atoms with E-state index in [1.54, 1.807) is 18.2 Å². The van der Waals surface area contributed by atoms with Gasteiger partial charge in [-0.25, -0.2) is 0 Å². The predicted molar refractivity (Wildman–Crippen MR) is 63.5 cm³/mol. The Morgan fingerprint density at radius 1 is 1.06 bits per heavy atom. The summed E-state index contributed by atoms with van der Waals surface area (Å²) in [5, 5.41) is 10.3. The van der Waals surface area contributed by atoms with Crippen LogP contribution in [0.4, 0.5) is 0 Å². The minimum absolute atomic E-state index is 0. The second-order valence-corrected chi connectivity index (χ2v) is 3.87. The SMILES string of the molecule is Oc1ccc(Cl)cc1Cc1ccccc1.[H-].[K+]. The Morgan fingerprint density at radius 3 is 2.44 bits per heavy atom. The largest absolute Gasteiger partial charge is 1.00 e. The molecule has 0 saturated carbocycles. The molecule has 0 heterocycles. The predicted octanol–water partition coefficient (Wildman–Crippen LogP) is 0.753. The Balaban J connectivity index is 0.00000128. The van der Waals surface area contributed by atoms with Crippen molar-refractivity contribution < 1.29 is 57.9 Å². The van der Waals surface area contributed by atoms with Gasteiger partial charge in [-0.05, 0) is 29.3 Å². The smallest absolute Gasteiger partial charge is 1.00 e. The van der Waals surface area contributed by atoms with Crippen LogP contribution in [0.3, 0.4) is 0 Å². The first kappa shape index (κ1) is 14.2. The molecule has 0 aliphatic carbocycles. The Labute approximate surface area is 144 Å². The number of benzene rings is 2. The van der Waals surface area contributed by atoms with Crippen LogP contribution >= 0.6 is 11.6 Å². The third kappa shape index (κ3) is 3.88. The van der Waals surface area contributed by atoms with Gasteiger partial charge in [0.1, 0.15) is 5.75 Å². The molecule has 2 rings (SSSR count). The van der Waals surface area contributed by atoms with E-state index >= 15 is 0 Å². The molecule has 0 fully saturated rings. The van der Waals surface area contributed by atoms with Crippen molar-refractivity contribution in [1.29, 1.82) is 0 Å². The van der Waals surface area contributed by atoms with E-state index in [9.17, 15) is 5.11 Å². The van der Waals surface area contributed by atoms with Crippen LogP contribution in [0.1, 0.15) is 12.6 Å². The van der Waals surface area contributed by atoms with Crippen LogP contribution in [-0.2, 0) is 6.42 Å². The van der Waals surface area contributed by atoms with Crippen LogP contribution in [0.5, 0.6) is 5.75 Å². The molecule has 0 bridgehead atoms. The van der Waals surface area contributed by atoms with E-state index in [0.29, 0.717) is 17.2 Å². The monoisotopic (exact) mass is 258 g/mol. The summed E-state index contributed by atoms with van der Waals surface area (Å²) >= 11 is 5.87. The first-order chi connectivity index (χ1) is 7.25. The maximum atomic E-state index is 9.64. The molecule has 0 saturated heterocycles. The van der Waals surface area contributed by atoms with Gasteiger partial charge in [-0.15, -0.1) is 0 Å². The number of hydrogen-bond acceptors (Lipinski definition) is 1. The van der Waals surface area contributed by atoms with Crippen LogP contribution in [0.2, 0.25) is 5.02 Å². The molecule has 0 amide bonds. The number of rotatable bonds is 2. The summed E-state index contributed by atoms with van der Waals surface area (Å²) in [6, 6.07) is 15.1. The molecule has 0 atom stereocenters. The molecule has 2 aromatic carbocycles. The first-order valence-corrected chi connectivity index (χ1v) is 5.15. The number of phenolic OH excluding ortho intramolecular Hbond substituents is 1. The van der Waals surface area contributed by atoms with Crippen molar-refractivity contribution in [3.05, 3.63) is 64.7 Å². The zero-order valence-electron chi connectivity index (χ0n) is 10.2. The molecule has 16 heavy (non-hydrogen) atoms. The minimum atomic E-state index is 0. The van der Waals surface area contributed by atoms with Gasteiger partial charge in [0, 0.05) is 11.4 Å². The molecule has 0 radical (unpaired) electrons. The van der Waals surface area contributed by atoms with Gasteiger partial charge in [0.25, 0.3) is 0 Å². The number of halogens is 1. The fraction of sp³-hybridized carbons (Fsp3) is 0.0769. The molecule has 0 aromatic heterocycles. The summed E-state index contributed by atoms with van der Waals surface area (Å²) in [6.45, 7) is 0. The topological polar surface area (TPSA) is 20.2 Å². The molecule has 0 spiro atoms. The Kier molecular flexibility index (Phi) is 6.04. The van der Waals surface area contributed by atoms with Crippen LogP contribution in [0.25, 0.3) is 0 Å². The Bertz CT molecular complexity index is 462. The van der Waals surface area contributed by atoms with E-state index in [-0.39, 0.29) is 52.8 Å². The van der Waals surface area contributed by atoms with Gasteiger partial charge in [-0.2, -0.15) is 0 Å². The zero-order valence-corrected chi connectivity index (χ0v) is 13.0. The average molecular weight is 259 g/mol. The standard InChI is InChI=1S/C13H11ClO.K.H/c14-12-6-7-13(15)11(9-12)8-10-4-2-1-3-5-10;;/h1-7,9,15H,8H2;;/q;+1;-1. The second-order valence-electron chi connectivity index (χ2n) is 3.44. The summed E-state index contributed by atoms with van der Waals surface area (Å²) in [6.07, 6.45) is 0.702. The van der Waals surface area contributed by atoms with E-state index in [1.165, 1.54) is 0 Å². The normalized spacial score (nSPS) is 9.56. The fourth-order valence-electron chi connectivity index (χ4n) is 1.51. The quantitative estimate of drug-likeness (QED) is 0.789. The molecule has 78 valence electrons. The van der Waals surface area contributed by atoms with Crippen LogP contribution in [0, 0.1) is 0 Å². The molecule has 1 N–H and O–H groups in total. The van der Waals surface area contributed by atoms with Crippen molar-refractivity contribution in [3.63, 3.8) is 0 Å². The van der Waals surface area contributed by atoms with Crippen LogP contribution < -0.4 is 51.4 Å². The van der Waals surface area contributed by atoms with E-state index in [1.807, 2.05) is 30.3 Å². The third-order valence-electron chi connectivity index (χ3n) is 2.28. The van der Waals surface area contributed by atoms with E-state index in [4.69, 9.17) is 11.6 Å². The Hall–Kier alpha value is 0.166. The van der Waals surface area contributed by atoms with Gasteiger partial charge in [0.15, 0.2) is 0 Å². The zero-order chi connectivity index (χ0) is 10.7. The molecule has 0 unspecified atom stereocenters. The summed E-state index contributed by atoms with van der Waals surface area (Å²) < 4.78 is 0. The molecular formula is C13H12ClKO. The molecule has 2 aromatic rings. The molecule has 3 heteroatoms. The van der Waals surface area contributed by atoms with E-state index < -0.39 is 0 Å². The average Bonchev–Trinajstić information content (AvgIpc) is 2.25. The second kappa shape index (κ2) is 6.79. The summed E-state index contributed by atoms with van der Waals surface area (Å²) in [5.74, 6) is 0.295. The minimum Gasteiger partial charge on any atom is -1.00 e. The van der Waals surface area contributed by atoms with Crippen LogP contribution in [0.15, 0.2) is 48.5 Å². The van der Waals surface area contributed by atoms with Gasteiger partial charge in [-0.1, -0.05) is 41.9 Å². The maximum Gasteiger partial charge on any atom is 1.00 e. The number of hydrogen-bond donors (Lipinski definition) is 1. The number of aromatic hydroxyl groups is 1. The van der Waals surface area contributed by atoms with Gasteiger partial charge >= 0.3 is 51.4 Å². The molecule has 0 aliphatic heterocycles. The summed E-state index contributed by atoms with van der Waals surface area (Å²) in [7, 11) is 0. The van der Waals surface area contributed by atoms with Gasteiger partial charge < -0.3 is 6.53 Å². The van der Waals surface area contributed by atoms with Crippen molar-refractivity contribution >= 4 is 11.6 Å². The number of phenols is 1.